The topological polar surface area (TPSA) is 42.0 Å². The van der Waals surface area contributed by atoms with Crippen LogP contribution >= 0.6 is 11.6 Å². The molecule has 0 atom stereocenters. The van der Waals surface area contributed by atoms with E-state index in [1.807, 2.05) is 0 Å². The molecule has 0 saturated carbocycles. The molecule has 1 rings (SSSR count). The first-order valence-electron chi connectivity index (χ1n) is 4.65. The summed E-state index contributed by atoms with van der Waals surface area (Å²) in [5.41, 5.74) is 0.817. The van der Waals surface area contributed by atoms with Gasteiger partial charge in [0, 0.05) is 25.4 Å². The quantitative estimate of drug-likeness (QED) is 0.590. The number of halogens is 1. The van der Waals surface area contributed by atoms with Crippen molar-refractivity contribution in [2.24, 2.45) is 0 Å². The lowest BCUT2D eigenvalue weighted by molar-refractivity contribution is -0.117. The predicted molar refractivity (Wildman–Crippen MR) is 61.0 cm³/mol. The number of pyridine rings is 1. The number of hydrogen-bond acceptors (Lipinski definition) is 3. The van der Waals surface area contributed by atoms with E-state index in [-0.39, 0.29) is 5.78 Å². The van der Waals surface area contributed by atoms with Crippen LogP contribution in [0.2, 0.25) is 5.02 Å². The van der Waals surface area contributed by atoms with Crippen LogP contribution in [0.4, 0.5) is 0 Å². The molecule has 1 aromatic rings. The van der Waals surface area contributed by atoms with Crippen LogP contribution in [0.15, 0.2) is 31.1 Å². The van der Waals surface area contributed by atoms with E-state index in [4.69, 9.17) is 11.6 Å². The second kappa shape index (κ2) is 6.32. The smallest absolute Gasteiger partial charge is 0.151 e. The molecule has 3 nitrogen and oxygen atoms in total. The lowest BCUT2D eigenvalue weighted by Gasteiger charge is -2.03. The van der Waals surface area contributed by atoms with Gasteiger partial charge in [0.15, 0.2) is 5.78 Å². The minimum absolute atomic E-state index is 0.102. The van der Waals surface area contributed by atoms with Gasteiger partial charge in [0.2, 0.25) is 0 Å². The summed E-state index contributed by atoms with van der Waals surface area (Å²) < 4.78 is 0. The Morgan fingerprint density at radius 1 is 1.67 bits per heavy atom. The average molecular weight is 225 g/mol. The molecule has 0 saturated heterocycles. The Hall–Kier alpha value is -1.19. The lowest BCUT2D eigenvalue weighted by atomic mass is 10.1. The van der Waals surface area contributed by atoms with Crippen molar-refractivity contribution in [3.05, 3.63) is 41.7 Å². The average Bonchev–Trinajstić information content (AvgIpc) is 2.22. The molecule has 0 aliphatic heterocycles. The second-order valence-electron chi connectivity index (χ2n) is 3.10. The number of carbonyl (C=O) groups excluding carboxylic acids is 1. The van der Waals surface area contributed by atoms with Crippen LogP contribution < -0.4 is 5.32 Å². The molecule has 1 heterocycles. The van der Waals surface area contributed by atoms with E-state index in [0.717, 1.165) is 5.56 Å². The van der Waals surface area contributed by atoms with Crippen LogP contribution in [0.5, 0.6) is 0 Å². The standard InChI is InChI=1S/C11H13ClN2O/c1-2-4-13-7-10(15)6-9-3-5-14-8-11(9)12/h2-3,5,8,13H,1,4,6-7H2. The molecule has 0 spiro atoms. The highest BCUT2D eigenvalue weighted by Crippen LogP contribution is 2.13. The molecule has 0 fully saturated rings. The number of nitrogens with zero attached hydrogens (tertiary/aromatic N) is 1. The van der Waals surface area contributed by atoms with Crippen molar-refractivity contribution in [2.75, 3.05) is 13.1 Å². The fourth-order valence-corrected chi connectivity index (χ4v) is 1.32. The zero-order valence-corrected chi connectivity index (χ0v) is 9.13. The highest BCUT2D eigenvalue weighted by atomic mass is 35.5. The molecular weight excluding hydrogens is 212 g/mol. The van der Waals surface area contributed by atoms with Gasteiger partial charge in [0.05, 0.1) is 11.6 Å². The van der Waals surface area contributed by atoms with Gasteiger partial charge in [-0.3, -0.25) is 9.78 Å². The molecule has 0 aliphatic rings. The maximum atomic E-state index is 11.5. The van der Waals surface area contributed by atoms with E-state index in [0.29, 0.717) is 24.5 Å². The Bertz CT molecular complexity index is 352. The van der Waals surface area contributed by atoms with Crippen LogP contribution in [0.1, 0.15) is 5.56 Å². The third kappa shape index (κ3) is 4.23. The monoisotopic (exact) mass is 224 g/mol. The van der Waals surface area contributed by atoms with Gasteiger partial charge in [-0.1, -0.05) is 17.7 Å². The number of Topliss-reactive ketones (excluding diaryl/α,β-unsaturated/α-hetero) is 1. The van der Waals surface area contributed by atoms with Crippen molar-refractivity contribution < 1.29 is 4.79 Å². The van der Waals surface area contributed by atoms with Gasteiger partial charge in [-0.05, 0) is 11.6 Å². The van der Waals surface area contributed by atoms with Gasteiger partial charge in [-0.25, -0.2) is 0 Å². The van der Waals surface area contributed by atoms with Crippen molar-refractivity contribution >= 4 is 17.4 Å². The summed E-state index contributed by atoms with van der Waals surface area (Å²) in [5, 5.41) is 3.48. The first-order valence-corrected chi connectivity index (χ1v) is 5.03. The van der Waals surface area contributed by atoms with Crippen LogP contribution in [-0.4, -0.2) is 23.9 Å². The molecule has 0 bridgehead atoms. The summed E-state index contributed by atoms with van der Waals surface area (Å²) in [6.07, 6.45) is 5.23. The van der Waals surface area contributed by atoms with Gasteiger partial charge >= 0.3 is 0 Å². The first kappa shape index (κ1) is 11.9. The second-order valence-corrected chi connectivity index (χ2v) is 3.51. The Balaban J connectivity index is 2.44. The molecule has 1 N–H and O–H groups in total. The summed E-state index contributed by atoms with van der Waals surface area (Å²) >= 11 is 5.88. The number of aromatic nitrogens is 1. The number of rotatable bonds is 6. The number of carbonyl (C=O) groups is 1. The lowest BCUT2D eigenvalue weighted by Crippen LogP contribution is -2.24. The Morgan fingerprint density at radius 2 is 2.47 bits per heavy atom. The number of nitrogens with one attached hydrogen (secondary N) is 1. The van der Waals surface area contributed by atoms with Crippen molar-refractivity contribution in [3.63, 3.8) is 0 Å². The molecule has 0 aromatic carbocycles. The molecule has 0 amide bonds. The van der Waals surface area contributed by atoms with Crippen LogP contribution in [0, 0.1) is 0 Å². The third-order valence-corrected chi connectivity index (χ3v) is 2.20. The van der Waals surface area contributed by atoms with Gasteiger partial charge in [-0.2, -0.15) is 0 Å². The minimum Gasteiger partial charge on any atom is -0.307 e. The first-order chi connectivity index (χ1) is 7.24. The summed E-state index contributed by atoms with van der Waals surface area (Å²) in [5.74, 6) is 0.102. The Kier molecular flexibility index (Phi) is 5.01. The summed E-state index contributed by atoms with van der Waals surface area (Å²) in [6, 6.07) is 1.76. The molecule has 0 radical (unpaired) electrons. The minimum atomic E-state index is 0.102. The van der Waals surface area contributed by atoms with Gasteiger partial charge < -0.3 is 5.32 Å². The van der Waals surface area contributed by atoms with Crippen molar-refractivity contribution in [3.8, 4) is 0 Å². The maximum absolute atomic E-state index is 11.5. The van der Waals surface area contributed by atoms with Gasteiger partial charge in [0.1, 0.15) is 0 Å². The van der Waals surface area contributed by atoms with Crippen LogP contribution in [-0.2, 0) is 11.2 Å². The number of ketones is 1. The van der Waals surface area contributed by atoms with Crippen molar-refractivity contribution in [2.45, 2.75) is 6.42 Å². The Morgan fingerprint density at radius 3 is 3.13 bits per heavy atom. The zero-order chi connectivity index (χ0) is 11.1. The van der Waals surface area contributed by atoms with E-state index >= 15 is 0 Å². The molecule has 15 heavy (non-hydrogen) atoms. The predicted octanol–water partition coefficient (Wildman–Crippen LogP) is 1.62. The van der Waals surface area contributed by atoms with Gasteiger partial charge in [0.25, 0.3) is 0 Å². The van der Waals surface area contributed by atoms with E-state index in [1.165, 1.54) is 0 Å². The zero-order valence-electron chi connectivity index (χ0n) is 8.37. The maximum Gasteiger partial charge on any atom is 0.151 e. The molecule has 0 aliphatic carbocycles. The molecular formula is C11H13ClN2O. The summed E-state index contributed by atoms with van der Waals surface area (Å²) in [6.45, 7) is 4.53. The third-order valence-electron chi connectivity index (χ3n) is 1.85. The fraction of sp³-hybridized carbons (Fsp3) is 0.273. The molecule has 4 heteroatoms. The van der Waals surface area contributed by atoms with Crippen molar-refractivity contribution in [1.82, 2.24) is 10.3 Å². The largest absolute Gasteiger partial charge is 0.307 e. The highest BCUT2D eigenvalue weighted by Gasteiger charge is 2.05. The van der Waals surface area contributed by atoms with Crippen LogP contribution in [0.25, 0.3) is 0 Å². The van der Waals surface area contributed by atoms with Gasteiger partial charge in [-0.15, -0.1) is 6.58 Å². The summed E-state index contributed by atoms with van der Waals surface area (Å²) in [4.78, 5) is 15.3. The molecule has 0 unspecified atom stereocenters. The van der Waals surface area contributed by atoms with Crippen molar-refractivity contribution in [1.29, 1.82) is 0 Å². The number of hydrogen-bond donors (Lipinski definition) is 1. The highest BCUT2D eigenvalue weighted by molar-refractivity contribution is 6.31. The van der Waals surface area contributed by atoms with Crippen LogP contribution in [0.3, 0.4) is 0 Å². The normalized spacial score (nSPS) is 9.93. The van der Waals surface area contributed by atoms with E-state index in [2.05, 4.69) is 16.9 Å². The van der Waals surface area contributed by atoms with E-state index in [9.17, 15) is 4.79 Å². The SMILES string of the molecule is C=CCNCC(=O)Cc1ccncc1Cl. The summed E-state index contributed by atoms with van der Waals surface area (Å²) in [7, 11) is 0. The molecule has 80 valence electrons. The van der Waals surface area contributed by atoms with E-state index < -0.39 is 0 Å². The molecule has 1 aromatic heterocycles. The fourth-order valence-electron chi connectivity index (χ4n) is 1.14. The Labute approximate surface area is 94.2 Å². The van der Waals surface area contributed by atoms with E-state index in [1.54, 1.807) is 24.5 Å².